The average Bonchev–Trinajstić information content (AvgIpc) is 2.28. The molecule has 0 fully saturated rings. The Hall–Kier alpha value is -1.13. The first-order valence-electron chi connectivity index (χ1n) is 4.80. The Morgan fingerprint density at radius 3 is 2.62 bits per heavy atom. The molecule has 0 amide bonds. The lowest BCUT2D eigenvalue weighted by Crippen LogP contribution is -2.21. The van der Waals surface area contributed by atoms with Crippen molar-refractivity contribution in [3.8, 4) is 0 Å². The normalized spacial score (nSPS) is 12.2. The van der Waals surface area contributed by atoms with Crippen molar-refractivity contribution >= 4 is 17.6 Å². The summed E-state index contributed by atoms with van der Waals surface area (Å²) in [5, 5.41) is 0.589. The molecule has 1 aromatic carbocycles. The summed E-state index contributed by atoms with van der Waals surface area (Å²) in [5.74, 6) is -1.00. The van der Waals surface area contributed by atoms with Gasteiger partial charge >= 0.3 is 5.97 Å². The Morgan fingerprint density at radius 1 is 1.44 bits per heavy atom. The minimum Gasteiger partial charge on any atom is -0.462 e. The second kappa shape index (κ2) is 6.45. The summed E-state index contributed by atoms with van der Waals surface area (Å²) in [7, 11) is 0. The second-order valence-corrected chi connectivity index (χ2v) is 3.44. The van der Waals surface area contributed by atoms with Crippen molar-refractivity contribution < 1.29 is 18.7 Å². The predicted octanol–water partition coefficient (Wildman–Crippen LogP) is 2.72. The van der Waals surface area contributed by atoms with Gasteiger partial charge in [0.2, 0.25) is 0 Å². The zero-order valence-electron chi connectivity index (χ0n) is 8.78. The van der Waals surface area contributed by atoms with E-state index in [2.05, 4.69) is 4.74 Å². The monoisotopic (exact) mass is 246 g/mol. The maximum Gasteiger partial charge on any atom is 0.368 e. The molecule has 0 aliphatic carbocycles. The fourth-order valence-corrected chi connectivity index (χ4v) is 1.15. The number of benzene rings is 1. The van der Waals surface area contributed by atoms with E-state index in [1.54, 1.807) is 31.2 Å². The van der Waals surface area contributed by atoms with Gasteiger partial charge in [-0.1, -0.05) is 23.7 Å². The average molecular weight is 247 g/mol. The maximum absolute atomic E-state index is 13.0. The minimum absolute atomic E-state index is 0.00283. The molecule has 0 bridgehead atoms. The highest BCUT2D eigenvalue weighted by Crippen LogP contribution is 2.11. The Balaban J connectivity index is 2.39. The molecule has 0 saturated carbocycles. The number of rotatable bonds is 5. The fourth-order valence-electron chi connectivity index (χ4n) is 1.03. The molecule has 0 aromatic heterocycles. The summed E-state index contributed by atoms with van der Waals surface area (Å²) in [6.07, 6.45) is -2.05. The van der Waals surface area contributed by atoms with E-state index < -0.39 is 12.3 Å². The first-order chi connectivity index (χ1) is 7.63. The van der Waals surface area contributed by atoms with E-state index in [1.165, 1.54) is 0 Å². The molecule has 88 valence electrons. The van der Waals surface area contributed by atoms with Gasteiger partial charge in [0.05, 0.1) is 13.2 Å². The van der Waals surface area contributed by atoms with E-state index in [1.807, 2.05) is 0 Å². The molecule has 3 nitrogen and oxygen atoms in total. The van der Waals surface area contributed by atoms with Gasteiger partial charge in [-0.3, -0.25) is 0 Å². The van der Waals surface area contributed by atoms with Gasteiger partial charge in [-0.05, 0) is 24.6 Å². The minimum atomic E-state index is -2.05. The van der Waals surface area contributed by atoms with Crippen molar-refractivity contribution in [1.82, 2.24) is 0 Å². The van der Waals surface area contributed by atoms with Crippen LogP contribution in [0.4, 0.5) is 4.39 Å². The van der Waals surface area contributed by atoms with Crippen molar-refractivity contribution in [1.29, 1.82) is 0 Å². The third-order valence-corrected chi connectivity index (χ3v) is 2.03. The van der Waals surface area contributed by atoms with E-state index in [4.69, 9.17) is 16.3 Å². The first-order valence-corrected chi connectivity index (χ1v) is 5.18. The largest absolute Gasteiger partial charge is 0.462 e. The molecule has 0 heterocycles. The third-order valence-electron chi connectivity index (χ3n) is 1.78. The van der Waals surface area contributed by atoms with Crippen LogP contribution in [0.5, 0.6) is 0 Å². The summed E-state index contributed by atoms with van der Waals surface area (Å²) in [6.45, 7) is 1.73. The fraction of sp³-hybridized carbons (Fsp3) is 0.364. The van der Waals surface area contributed by atoms with E-state index in [-0.39, 0.29) is 13.2 Å². The second-order valence-electron chi connectivity index (χ2n) is 3.01. The van der Waals surface area contributed by atoms with Gasteiger partial charge in [0, 0.05) is 5.02 Å². The van der Waals surface area contributed by atoms with E-state index in [0.29, 0.717) is 5.02 Å². The highest BCUT2D eigenvalue weighted by Gasteiger charge is 2.18. The Kier molecular flexibility index (Phi) is 5.22. The molecule has 16 heavy (non-hydrogen) atoms. The molecule has 0 N–H and O–H groups in total. The zero-order chi connectivity index (χ0) is 12.0. The standard InChI is InChI=1S/C11H12ClFO3/c1-2-15-11(14)10(13)16-7-8-3-5-9(12)6-4-8/h3-6,10H,2,7H2,1H3. The van der Waals surface area contributed by atoms with Crippen molar-refractivity contribution in [2.24, 2.45) is 0 Å². The molecular formula is C11H12ClFO3. The zero-order valence-corrected chi connectivity index (χ0v) is 9.54. The molecule has 0 spiro atoms. The van der Waals surface area contributed by atoms with Gasteiger partial charge in [-0.15, -0.1) is 0 Å². The molecule has 1 aromatic rings. The van der Waals surface area contributed by atoms with Crippen LogP contribution in [-0.2, 0) is 20.9 Å². The number of alkyl halides is 1. The van der Waals surface area contributed by atoms with Crippen LogP contribution in [0.25, 0.3) is 0 Å². The number of hydrogen-bond acceptors (Lipinski definition) is 3. The number of carbonyl (C=O) groups is 1. The van der Waals surface area contributed by atoms with Crippen LogP contribution in [0.1, 0.15) is 12.5 Å². The van der Waals surface area contributed by atoms with Crippen molar-refractivity contribution in [3.63, 3.8) is 0 Å². The number of esters is 1. The molecule has 0 aliphatic rings. The highest BCUT2D eigenvalue weighted by atomic mass is 35.5. The van der Waals surface area contributed by atoms with Crippen LogP contribution in [0.3, 0.4) is 0 Å². The molecule has 1 unspecified atom stereocenters. The molecule has 0 aliphatic heterocycles. The van der Waals surface area contributed by atoms with Crippen molar-refractivity contribution in [2.45, 2.75) is 19.9 Å². The third kappa shape index (κ3) is 4.16. The number of carbonyl (C=O) groups excluding carboxylic acids is 1. The van der Waals surface area contributed by atoms with Gasteiger partial charge in [-0.25, -0.2) is 9.18 Å². The summed E-state index contributed by atoms with van der Waals surface area (Å²) in [5.41, 5.74) is 0.733. The Morgan fingerprint density at radius 2 is 2.06 bits per heavy atom. The van der Waals surface area contributed by atoms with Crippen LogP contribution < -0.4 is 0 Å². The molecule has 0 radical (unpaired) electrons. The Labute approximate surface area is 98.1 Å². The topological polar surface area (TPSA) is 35.5 Å². The molecule has 0 saturated heterocycles. The van der Waals surface area contributed by atoms with Gasteiger partial charge in [0.15, 0.2) is 0 Å². The van der Waals surface area contributed by atoms with Crippen LogP contribution in [0.2, 0.25) is 5.02 Å². The summed E-state index contributed by atoms with van der Waals surface area (Å²) in [4.78, 5) is 10.9. The van der Waals surface area contributed by atoms with Crippen LogP contribution in [0, 0.1) is 0 Å². The predicted molar refractivity (Wildman–Crippen MR) is 57.8 cm³/mol. The molecule has 1 rings (SSSR count). The summed E-state index contributed by atoms with van der Waals surface area (Å²) < 4.78 is 22.2. The Bertz CT molecular complexity index is 340. The van der Waals surface area contributed by atoms with Gasteiger partial charge in [0.25, 0.3) is 6.36 Å². The number of ether oxygens (including phenoxy) is 2. The van der Waals surface area contributed by atoms with E-state index >= 15 is 0 Å². The lowest BCUT2D eigenvalue weighted by molar-refractivity contribution is -0.170. The van der Waals surface area contributed by atoms with E-state index in [0.717, 1.165) is 5.56 Å². The van der Waals surface area contributed by atoms with Crippen LogP contribution in [0.15, 0.2) is 24.3 Å². The summed E-state index contributed by atoms with van der Waals surface area (Å²) >= 11 is 5.68. The van der Waals surface area contributed by atoms with Gasteiger partial charge in [-0.2, -0.15) is 0 Å². The number of hydrogen-bond donors (Lipinski definition) is 0. The first kappa shape index (κ1) is 12.9. The molecular weight excluding hydrogens is 235 g/mol. The van der Waals surface area contributed by atoms with Crippen LogP contribution in [-0.4, -0.2) is 18.9 Å². The lowest BCUT2D eigenvalue weighted by Gasteiger charge is -2.08. The van der Waals surface area contributed by atoms with E-state index in [9.17, 15) is 9.18 Å². The van der Waals surface area contributed by atoms with Gasteiger partial charge in [0.1, 0.15) is 0 Å². The summed E-state index contributed by atoms with van der Waals surface area (Å²) in [6, 6.07) is 6.72. The van der Waals surface area contributed by atoms with Gasteiger partial charge < -0.3 is 9.47 Å². The smallest absolute Gasteiger partial charge is 0.368 e. The molecule has 5 heteroatoms. The number of halogens is 2. The van der Waals surface area contributed by atoms with Crippen molar-refractivity contribution in [2.75, 3.05) is 6.61 Å². The molecule has 1 atom stereocenters. The maximum atomic E-state index is 13.0. The lowest BCUT2D eigenvalue weighted by atomic mass is 10.2. The highest BCUT2D eigenvalue weighted by molar-refractivity contribution is 6.30. The quantitative estimate of drug-likeness (QED) is 0.750. The van der Waals surface area contributed by atoms with Crippen LogP contribution >= 0.6 is 11.6 Å². The van der Waals surface area contributed by atoms with Crippen molar-refractivity contribution in [3.05, 3.63) is 34.9 Å². The SMILES string of the molecule is CCOC(=O)C(F)OCc1ccc(Cl)cc1.